The van der Waals surface area contributed by atoms with E-state index in [0.29, 0.717) is 18.9 Å². The van der Waals surface area contributed by atoms with Gasteiger partial charge in [0.15, 0.2) is 0 Å². The molecule has 1 amide bonds. The second kappa shape index (κ2) is 9.39. The zero-order chi connectivity index (χ0) is 22.6. The van der Waals surface area contributed by atoms with E-state index >= 15 is 0 Å². The lowest BCUT2D eigenvalue weighted by Crippen LogP contribution is -2.36. The maximum atomic E-state index is 12.9. The fourth-order valence-electron chi connectivity index (χ4n) is 3.32. The Bertz CT molecular complexity index is 1060. The van der Waals surface area contributed by atoms with Gasteiger partial charge in [0.2, 0.25) is 17.7 Å². The normalized spacial score (nSPS) is 14.4. The average molecular weight is 446 g/mol. The van der Waals surface area contributed by atoms with Gasteiger partial charge in [0.1, 0.15) is 0 Å². The zero-order valence-corrected chi connectivity index (χ0v) is 17.1. The van der Waals surface area contributed by atoms with Crippen molar-refractivity contribution in [2.24, 2.45) is 0 Å². The van der Waals surface area contributed by atoms with Crippen LogP contribution in [0.25, 0.3) is 11.5 Å². The second-order valence-electron chi connectivity index (χ2n) is 7.27. The molecule has 0 atom stereocenters. The third kappa shape index (κ3) is 5.44. The number of carbonyl (C=O) groups excluding carboxylic acids is 1. The van der Waals surface area contributed by atoms with Crippen LogP contribution in [0, 0.1) is 0 Å². The van der Waals surface area contributed by atoms with Crippen LogP contribution in [0.5, 0.6) is 0 Å². The number of benzene rings is 2. The molecule has 7 nitrogen and oxygen atoms in total. The molecule has 3 aromatic rings. The predicted octanol–water partition coefficient (Wildman–Crippen LogP) is 4.16. The molecule has 1 saturated heterocycles. The van der Waals surface area contributed by atoms with E-state index in [1.807, 2.05) is 24.3 Å². The highest BCUT2D eigenvalue weighted by Crippen LogP contribution is 2.31. The highest BCUT2D eigenvalue weighted by Gasteiger charge is 2.30. The van der Waals surface area contributed by atoms with Gasteiger partial charge in [0.05, 0.1) is 18.8 Å². The number of morpholine rings is 1. The highest BCUT2D eigenvalue weighted by molar-refractivity contribution is 5.90. The number of anilines is 2. The van der Waals surface area contributed by atoms with Crippen LogP contribution in [0.2, 0.25) is 0 Å². The molecule has 1 N–H and O–H groups in total. The lowest BCUT2D eigenvalue weighted by Gasteiger charge is -2.28. The number of nitrogens with one attached hydrogen (secondary N) is 1. The van der Waals surface area contributed by atoms with Crippen molar-refractivity contribution in [3.05, 3.63) is 60.0 Å². The molecule has 1 aliphatic rings. The monoisotopic (exact) mass is 446 g/mol. The number of amides is 1. The van der Waals surface area contributed by atoms with Gasteiger partial charge in [-0.05, 0) is 42.5 Å². The molecule has 0 aliphatic carbocycles. The maximum Gasteiger partial charge on any atom is 0.416 e. The van der Waals surface area contributed by atoms with Gasteiger partial charge in [-0.15, -0.1) is 10.2 Å². The van der Waals surface area contributed by atoms with Gasteiger partial charge in [-0.25, -0.2) is 0 Å². The molecule has 10 heteroatoms. The van der Waals surface area contributed by atoms with Crippen LogP contribution in [0.1, 0.15) is 17.9 Å². The summed E-state index contributed by atoms with van der Waals surface area (Å²) in [6.07, 6.45) is -4.20. The minimum Gasteiger partial charge on any atom is -0.421 e. The van der Waals surface area contributed by atoms with Crippen LogP contribution >= 0.6 is 0 Å². The van der Waals surface area contributed by atoms with Gasteiger partial charge in [-0.3, -0.25) is 4.79 Å². The molecule has 1 fully saturated rings. The number of hydrogen-bond acceptors (Lipinski definition) is 6. The Hall–Kier alpha value is -3.40. The first-order chi connectivity index (χ1) is 15.4. The Labute approximate surface area is 182 Å². The van der Waals surface area contributed by atoms with Crippen molar-refractivity contribution in [1.82, 2.24) is 10.2 Å². The molecule has 0 saturated carbocycles. The van der Waals surface area contributed by atoms with E-state index in [4.69, 9.17) is 9.15 Å². The number of nitrogens with zero attached hydrogens (tertiary/aromatic N) is 3. The molecule has 168 valence electrons. The van der Waals surface area contributed by atoms with E-state index in [1.165, 1.54) is 12.1 Å². The van der Waals surface area contributed by atoms with Crippen LogP contribution in [0.4, 0.5) is 24.5 Å². The number of hydrogen-bond donors (Lipinski definition) is 1. The minimum atomic E-state index is -4.46. The van der Waals surface area contributed by atoms with Crippen molar-refractivity contribution in [2.45, 2.75) is 19.0 Å². The summed E-state index contributed by atoms with van der Waals surface area (Å²) in [6.45, 7) is 3.06. The Balaban J connectivity index is 1.31. The van der Waals surface area contributed by atoms with Crippen molar-refractivity contribution in [3.8, 4) is 11.5 Å². The summed E-state index contributed by atoms with van der Waals surface area (Å²) in [5, 5.41) is 10.4. The number of aromatic nitrogens is 2. The number of alkyl halides is 3. The summed E-state index contributed by atoms with van der Waals surface area (Å²) in [6, 6.07) is 12.2. The van der Waals surface area contributed by atoms with E-state index in [1.54, 1.807) is 0 Å². The number of carbonyl (C=O) groups is 1. The Kier molecular flexibility index (Phi) is 6.40. The van der Waals surface area contributed by atoms with E-state index in [9.17, 15) is 18.0 Å². The number of aryl methyl sites for hydroxylation is 1. The van der Waals surface area contributed by atoms with Gasteiger partial charge in [-0.1, -0.05) is 6.07 Å². The number of rotatable bonds is 6. The summed E-state index contributed by atoms with van der Waals surface area (Å²) in [7, 11) is 0. The molecule has 2 heterocycles. The van der Waals surface area contributed by atoms with E-state index in [2.05, 4.69) is 20.4 Å². The smallest absolute Gasteiger partial charge is 0.416 e. The van der Waals surface area contributed by atoms with Crippen molar-refractivity contribution < 1.29 is 27.1 Å². The van der Waals surface area contributed by atoms with Gasteiger partial charge in [0, 0.05) is 42.9 Å². The van der Waals surface area contributed by atoms with Gasteiger partial charge >= 0.3 is 6.18 Å². The molecule has 32 heavy (non-hydrogen) atoms. The molecule has 0 radical (unpaired) electrons. The summed E-state index contributed by atoms with van der Waals surface area (Å²) in [4.78, 5) is 14.5. The van der Waals surface area contributed by atoms with E-state index < -0.39 is 11.7 Å². The second-order valence-corrected chi connectivity index (χ2v) is 7.27. The molecule has 2 aromatic carbocycles. The zero-order valence-electron chi connectivity index (χ0n) is 17.1. The maximum absolute atomic E-state index is 12.9. The first kappa shape index (κ1) is 21.8. The largest absolute Gasteiger partial charge is 0.421 e. The Morgan fingerprint density at radius 2 is 1.81 bits per heavy atom. The fourth-order valence-corrected chi connectivity index (χ4v) is 3.32. The van der Waals surface area contributed by atoms with Crippen LogP contribution < -0.4 is 10.2 Å². The van der Waals surface area contributed by atoms with Crippen LogP contribution in [-0.4, -0.2) is 42.4 Å². The molecule has 0 bridgehead atoms. The van der Waals surface area contributed by atoms with Gasteiger partial charge in [0.25, 0.3) is 0 Å². The van der Waals surface area contributed by atoms with Crippen LogP contribution in [-0.2, 0) is 22.1 Å². The van der Waals surface area contributed by atoms with E-state index in [-0.39, 0.29) is 36.1 Å². The van der Waals surface area contributed by atoms with Crippen molar-refractivity contribution in [1.29, 1.82) is 0 Å². The molecular weight excluding hydrogens is 425 g/mol. The summed E-state index contributed by atoms with van der Waals surface area (Å²) < 4.78 is 49.4. The first-order valence-electron chi connectivity index (χ1n) is 10.1. The predicted molar refractivity (Wildman–Crippen MR) is 111 cm³/mol. The van der Waals surface area contributed by atoms with Crippen molar-refractivity contribution in [2.75, 3.05) is 36.5 Å². The molecule has 1 aromatic heterocycles. The summed E-state index contributed by atoms with van der Waals surface area (Å²) in [5.41, 5.74) is 1.11. The summed E-state index contributed by atoms with van der Waals surface area (Å²) in [5.74, 6) is -0.0802. The van der Waals surface area contributed by atoms with Crippen LogP contribution in [0.15, 0.2) is 52.9 Å². The highest BCUT2D eigenvalue weighted by atomic mass is 19.4. The number of halogens is 3. The SMILES string of the molecule is O=C(CCc1nnc(-c2cccc(C(F)(F)F)c2)o1)Nc1ccc(N2CCOCC2)cc1. The molecule has 1 aliphatic heterocycles. The lowest BCUT2D eigenvalue weighted by molar-refractivity contribution is -0.137. The standard InChI is InChI=1S/C22H21F3N4O3/c23-22(24,25)16-3-1-2-15(14-16)21-28-27-20(32-21)9-8-19(30)26-17-4-6-18(7-5-17)29-10-12-31-13-11-29/h1-7,14H,8-13H2,(H,26,30). The van der Waals surface area contributed by atoms with Gasteiger partial charge < -0.3 is 19.4 Å². The topological polar surface area (TPSA) is 80.5 Å². The average Bonchev–Trinajstić information content (AvgIpc) is 3.28. The van der Waals surface area contributed by atoms with E-state index in [0.717, 1.165) is 30.9 Å². The molecule has 0 unspecified atom stereocenters. The third-order valence-electron chi connectivity index (χ3n) is 5.00. The van der Waals surface area contributed by atoms with Gasteiger partial charge in [-0.2, -0.15) is 13.2 Å². The Morgan fingerprint density at radius 3 is 2.53 bits per heavy atom. The molecule has 4 rings (SSSR count). The Morgan fingerprint density at radius 1 is 1.06 bits per heavy atom. The van der Waals surface area contributed by atoms with Crippen molar-refractivity contribution >= 4 is 17.3 Å². The lowest BCUT2D eigenvalue weighted by atomic mass is 10.1. The third-order valence-corrected chi connectivity index (χ3v) is 5.00. The number of ether oxygens (including phenoxy) is 1. The quantitative estimate of drug-likeness (QED) is 0.613. The first-order valence-corrected chi connectivity index (χ1v) is 10.1. The van der Waals surface area contributed by atoms with Crippen molar-refractivity contribution in [3.63, 3.8) is 0 Å². The van der Waals surface area contributed by atoms with Crippen LogP contribution in [0.3, 0.4) is 0 Å². The summed E-state index contributed by atoms with van der Waals surface area (Å²) >= 11 is 0. The molecule has 0 spiro atoms. The molecular formula is C22H21F3N4O3. The minimum absolute atomic E-state index is 0.0230. The fraction of sp³-hybridized carbons (Fsp3) is 0.318.